The lowest BCUT2D eigenvalue weighted by atomic mass is 10.4. The molecule has 0 saturated heterocycles. The minimum atomic E-state index is -2.61. The summed E-state index contributed by atoms with van der Waals surface area (Å²) in [5, 5.41) is 0.998. The van der Waals surface area contributed by atoms with E-state index in [0.29, 0.717) is 0 Å². The first kappa shape index (κ1) is 14.1. The molecular weight excluding hydrogens is 248 g/mol. The molecule has 0 radical (unpaired) electrons. The van der Waals surface area contributed by atoms with Gasteiger partial charge in [-0.3, -0.25) is 4.79 Å². The highest BCUT2D eigenvalue weighted by molar-refractivity contribution is 6.89. The molecule has 0 fully saturated rings. The van der Waals surface area contributed by atoms with Crippen molar-refractivity contribution < 1.29 is 13.3 Å². The van der Waals surface area contributed by atoms with Crippen LogP contribution >= 0.6 is 0 Å². The molecular formula is C12H20O3Si2. The van der Waals surface area contributed by atoms with Gasteiger partial charge in [0, 0.05) is 12.1 Å². The molecule has 1 rings (SSSR count). The summed E-state index contributed by atoms with van der Waals surface area (Å²) in [6.45, 7) is 9.67. The number of benzene rings is 1. The third-order valence-corrected chi connectivity index (χ3v) is 8.20. The van der Waals surface area contributed by atoms with Crippen molar-refractivity contribution >= 4 is 28.0 Å². The maximum Gasteiger partial charge on any atom is 0.422 e. The molecule has 0 aliphatic rings. The van der Waals surface area contributed by atoms with Crippen molar-refractivity contribution in [2.45, 2.75) is 33.1 Å². The summed E-state index contributed by atoms with van der Waals surface area (Å²) in [5.74, 6) is -0.277. The summed E-state index contributed by atoms with van der Waals surface area (Å²) in [4.78, 5) is 11.3. The van der Waals surface area contributed by atoms with Crippen molar-refractivity contribution in [2.24, 2.45) is 0 Å². The van der Waals surface area contributed by atoms with Gasteiger partial charge in [-0.1, -0.05) is 30.3 Å². The van der Waals surface area contributed by atoms with Gasteiger partial charge in [0.1, 0.15) is 0 Å². The van der Waals surface area contributed by atoms with Gasteiger partial charge in [-0.15, -0.1) is 0 Å². The van der Waals surface area contributed by atoms with Crippen LogP contribution in [0.2, 0.25) is 26.2 Å². The van der Waals surface area contributed by atoms with Gasteiger partial charge in [-0.2, -0.15) is 0 Å². The minimum absolute atomic E-state index is 0.277. The molecule has 3 nitrogen and oxygen atoms in total. The van der Waals surface area contributed by atoms with Crippen molar-refractivity contribution in [3.05, 3.63) is 30.3 Å². The molecule has 0 aliphatic carbocycles. The van der Waals surface area contributed by atoms with E-state index in [1.807, 2.05) is 36.9 Å². The third-order valence-electron chi connectivity index (χ3n) is 2.14. The Morgan fingerprint density at radius 1 is 1.06 bits per heavy atom. The SMILES string of the molecule is CC(=O)O[Si](C)(O[Si](C)(C)C)c1ccccc1. The second-order valence-corrected chi connectivity index (χ2v) is 12.8. The molecule has 0 bridgehead atoms. The molecule has 0 N–H and O–H groups in total. The van der Waals surface area contributed by atoms with Gasteiger partial charge in [-0.05, 0) is 26.2 Å². The molecule has 1 atom stereocenters. The van der Waals surface area contributed by atoms with Crippen LogP contribution in [-0.4, -0.2) is 22.8 Å². The van der Waals surface area contributed by atoms with Crippen molar-refractivity contribution in [1.82, 2.24) is 0 Å². The zero-order valence-electron chi connectivity index (χ0n) is 11.1. The van der Waals surface area contributed by atoms with E-state index in [1.165, 1.54) is 6.92 Å². The average molecular weight is 268 g/mol. The molecule has 94 valence electrons. The first-order chi connectivity index (χ1) is 7.73. The van der Waals surface area contributed by atoms with E-state index >= 15 is 0 Å². The number of carbonyl (C=O) groups is 1. The molecule has 17 heavy (non-hydrogen) atoms. The molecule has 1 aromatic carbocycles. The summed E-state index contributed by atoms with van der Waals surface area (Å²) in [6, 6.07) is 9.76. The number of carbonyl (C=O) groups excluding carboxylic acids is 1. The summed E-state index contributed by atoms with van der Waals surface area (Å²) < 4.78 is 11.7. The highest BCUT2D eigenvalue weighted by Crippen LogP contribution is 2.16. The molecule has 0 spiro atoms. The molecule has 0 heterocycles. The summed E-state index contributed by atoms with van der Waals surface area (Å²) in [6.07, 6.45) is 0. The number of rotatable bonds is 4. The van der Waals surface area contributed by atoms with Crippen LogP contribution in [0.25, 0.3) is 0 Å². The van der Waals surface area contributed by atoms with Crippen molar-refractivity contribution in [3.63, 3.8) is 0 Å². The number of hydrogen-bond donors (Lipinski definition) is 0. The summed E-state index contributed by atoms with van der Waals surface area (Å²) >= 11 is 0. The Bertz CT molecular complexity index is 386. The van der Waals surface area contributed by atoms with E-state index in [2.05, 4.69) is 19.6 Å². The average Bonchev–Trinajstić information content (AvgIpc) is 2.14. The zero-order chi connectivity index (χ0) is 13.1. The normalized spacial score (nSPS) is 15.1. The second-order valence-electron chi connectivity index (χ2n) is 5.12. The largest absolute Gasteiger partial charge is 0.491 e. The molecule has 0 amide bonds. The minimum Gasteiger partial charge on any atom is -0.491 e. The molecule has 0 aromatic heterocycles. The van der Waals surface area contributed by atoms with Crippen LogP contribution in [0.4, 0.5) is 0 Å². The Kier molecular flexibility index (Phi) is 4.29. The molecule has 1 unspecified atom stereocenters. The fourth-order valence-corrected chi connectivity index (χ4v) is 8.51. The standard InChI is InChI=1S/C12H20O3Si2/c1-11(13)14-17(5,15-16(2,3)4)12-9-7-6-8-10-12/h6-10H,1-5H3. The predicted molar refractivity (Wildman–Crippen MR) is 73.9 cm³/mol. The lowest BCUT2D eigenvalue weighted by Crippen LogP contribution is -2.57. The van der Waals surface area contributed by atoms with E-state index in [-0.39, 0.29) is 5.97 Å². The molecule has 0 aliphatic heterocycles. The third kappa shape index (κ3) is 4.45. The lowest BCUT2D eigenvalue weighted by molar-refractivity contribution is -0.133. The van der Waals surface area contributed by atoms with Gasteiger partial charge >= 0.3 is 8.56 Å². The predicted octanol–water partition coefficient (Wildman–Crippen LogP) is 2.38. The van der Waals surface area contributed by atoms with Crippen LogP contribution in [0.15, 0.2) is 30.3 Å². The van der Waals surface area contributed by atoms with Gasteiger partial charge in [-0.25, -0.2) is 0 Å². The van der Waals surface area contributed by atoms with Crippen LogP contribution in [0.5, 0.6) is 0 Å². The van der Waals surface area contributed by atoms with Crippen LogP contribution < -0.4 is 5.19 Å². The van der Waals surface area contributed by atoms with Gasteiger partial charge in [0.2, 0.25) is 0 Å². The summed E-state index contributed by atoms with van der Waals surface area (Å²) in [5.41, 5.74) is 0. The van der Waals surface area contributed by atoms with Gasteiger partial charge in [0.25, 0.3) is 5.97 Å². The maximum absolute atomic E-state index is 11.3. The quantitative estimate of drug-likeness (QED) is 0.787. The first-order valence-corrected chi connectivity index (χ1v) is 11.4. The Hall–Kier alpha value is -0.916. The Morgan fingerprint density at radius 2 is 1.59 bits per heavy atom. The van der Waals surface area contributed by atoms with Crippen molar-refractivity contribution in [3.8, 4) is 0 Å². The Labute approximate surface area is 105 Å². The Balaban J connectivity index is 3.06. The van der Waals surface area contributed by atoms with Crippen molar-refractivity contribution in [2.75, 3.05) is 0 Å². The molecule has 0 saturated carbocycles. The summed E-state index contributed by atoms with van der Waals surface area (Å²) in [7, 11) is -4.37. The van der Waals surface area contributed by atoms with Crippen molar-refractivity contribution in [1.29, 1.82) is 0 Å². The van der Waals surface area contributed by atoms with Gasteiger partial charge in [0.05, 0.1) is 0 Å². The zero-order valence-corrected chi connectivity index (χ0v) is 13.1. The lowest BCUT2D eigenvalue weighted by Gasteiger charge is -2.32. The molecule has 1 aromatic rings. The maximum atomic E-state index is 11.3. The van der Waals surface area contributed by atoms with E-state index in [0.717, 1.165) is 5.19 Å². The second kappa shape index (κ2) is 5.16. The van der Waals surface area contributed by atoms with Gasteiger partial charge < -0.3 is 8.54 Å². The van der Waals surface area contributed by atoms with Crippen LogP contribution in [-0.2, 0) is 13.3 Å². The van der Waals surface area contributed by atoms with E-state index in [9.17, 15) is 4.79 Å². The Morgan fingerprint density at radius 3 is 2.00 bits per heavy atom. The van der Waals surface area contributed by atoms with E-state index < -0.39 is 16.9 Å². The topological polar surface area (TPSA) is 35.5 Å². The highest BCUT2D eigenvalue weighted by Gasteiger charge is 2.41. The van der Waals surface area contributed by atoms with Gasteiger partial charge in [0.15, 0.2) is 8.32 Å². The van der Waals surface area contributed by atoms with E-state index in [1.54, 1.807) is 0 Å². The fraction of sp³-hybridized carbons (Fsp3) is 0.417. The smallest absolute Gasteiger partial charge is 0.422 e. The molecule has 5 heteroatoms. The monoisotopic (exact) mass is 268 g/mol. The van der Waals surface area contributed by atoms with Crippen LogP contribution in [0.3, 0.4) is 0 Å². The van der Waals surface area contributed by atoms with E-state index in [4.69, 9.17) is 8.54 Å². The highest BCUT2D eigenvalue weighted by atomic mass is 28.4. The first-order valence-electron chi connectivity index (χ1n) is 5.68. The van der Waals surface area contributed by atoms with Crippen LogP contribution in [0.1, 0.15) is 6.92 Å². The van der Waals surface area contributed by atoms with Crippen LogP contribution in [0, 0.1) is 0 Å². The fourth-order valence-electron chi connectivity index (χ4n) is 1.74. The number of hydrogen-bond acceptors (Lipinski definition) is 3.